The van der Waals surface area contributed by atoms with Gasteiger partial charge in [-0.15, -0.1) is 0 Å². The molecule has 1 atom stereocenters. The molecule has 2 heterocycles. The van der Waals surface area contributed by atoms with Crippen LogP contribution in [0.15, 0.2) is 35.2 Å². The van der Waals surface area contributed by atoms with Crippen molar-refractivity contribution in [3.05, 3.63) is 52.6 Å². The molecule has 2 aliphatic rings. The van der Waals surface area contributed by atoms with Crippen LogP contribution in [0.1, 0.15) is 41.5 Å². The molecule has 0 aromatic heterocycles. The monoisotopic (exact) mass is 370 g/mol. The first kappa shape index (κ1) is 17.1. The molecule has 1 N–H and O–H groups in total. The fraction of sp³-hybridized carbons (Fsp3) is 0.350. The predicted octanol–water partition coefficient (Wildman–Crippen LogP) is 3.50. The normalized spacial score (nSPS) is 18.8. The van der Waals surface area contributed by atoms with Gasteiger partial charge >= 0.3 is 0 Å². The third kappa shape index (κ3) is 2.60. The molecule has 0 saturated heterocycles. The number of sulfonamides is 1. The van der Waals surface area contributed by atoms with Gasteiger partial charge in [0.2, 0.25) is 5.91 Å². The minimum atomic E-state index is -3.72. The Balaban J connectivity index is 1.78. The summed E-state index contributed by atoms with van der Waals surface area (Å²) in [5.74, 6) is -0.226. The molecule has 2 aromatic carbocycles. The lowest BCUT2D eigenvalue weighted by Gasteiger charge is -2.26. The first-order valence-electron chi connectivity index (χ1n) is 8.86. The van der Waals surface area contributed by atoms with Gasteiger partial charge in [-0.2, -0.15) is 0 Å². The average Bonchev–Trinajstić information content (AvgIpc) is 2.84. The maximum Gasteiger partial charge on any atom is 0.261 e. The van der Waals surface area contributed by atoms with Gasteiger partial charge in [0.15, 0.2) is 0 Å². The molecular weight excluding hydrogens is 348 g/mol. The van der Waals surface area contributed by atoms with E-state index < -0.39 is 10.0 Å². The molecule has 2 aliphatic heterocycles. The molecule has 0 saturated carbocycles. The number of carbonyl (C=O) groups excluding carboxylic acids is 1. The summed E-state index contributed by atoms with van der Waals surface area (Å²) in [5, 5.41) is 0. The summed E-state index contributed by atoms with van der Waals surface area (Å²) in [6.07, 6.45) is 1.66. The summed E-state index contributed by atoms with van der Waals surface area (Å²) in [5.41, 5.74) is 5.25. The average molecular weight is 370 g/mol. The second kappa shape index (κ2) is 5.84. The van der Waals surface area contributed by atoms with E-state index in [1.165, 1.54) is 0 Å². The largest absolute Gasteiger partial charge is 0.311 e. The lowest BCUT2D eigenvalue weighted by molar-refractivity contribution is -0.119. The van der Waals surface area contributed by atoms with Crippen LogP contribution in [0.3, 0.4) is 0 Å². The molecule has 0 bridgehead atoms. The lowest BCUT2D eigenvalue weighted by atomic mass is 9.97. The number of anilines is 2. The van der Waals surface area contributed by atoms with E-state index in [9.17, 15) is 13.2 Å². The number of aryl methyl sites for hydroxylation is 3. The van der Waals surface area contributed by atoms with Crippen LogP contribution in [-0.2, 0) is 21.2 Å². The second-order valence-corrected chi connectivity index (χ2v) is 8.94. The van der Waals surface area contributed by atoms with Gasteiger partial charge in [0, 0.05) is 6.54 Å². The summed E-state index contributed by atoms with van der Waals surface area (Å²) in [4.78, 5) is 14.5. The number of hydrogen-bond acceptors (Lipinski definition) is 3. The summed E-state index contributed by atoms with van der Waals surface area (Å²) < 4.78 is 28.7. The molecule has 4 rings (SSSR count). The van der Waals surface area contributed by atoms with Crippen molar-refractivity contribution >= 4 is 27.3 Å². The van der Waals surface area contributed by atoms with E-state index in [0.29, 0.717) is 5.69 Å². The van der Waals surface area contributed by atoms with Crippen LogP contribution in [0.25, 0.3) is 0 Å². The number of rotatable bonds is 3. The van der Waals surface area contributed by atoms with Gasteiger partial charge in [-0.05, 0) is 68.5 Å². The maximum atomic E-state index is 13.0. The second-order valence-electron chi connectivity index (χ2n) is 7.26. The van der Waals surface area contributed by atoms with Gasteiger partial charge in [0.05, 0.1) is 22.2 Å². The zero-order valence-corrected chi connectivity index (χ0v) is 16.0. The van der Waals surface area contributed by atoms with Crippen molar-refractivity contribution in [2.24, 2.45) is 0 Å². The SMILES string of the molecule is Cc1ccc(NS(=O)(=O)c2cc3c4c(c2)[C@H](C)C(=O)N4CCC3)c(C)c1. The summed E-state index contributed by atoms with van der Waals surface area (Å²) in [6, 6.07) is 9.01. The number of benzene rings is 2. The van der Waals surface area contributed by atoms with Crippen LogP contribution in [0.2, 0.25) is 0 Å². The molecule has 0 fully saturated rings. The minimum absolute atomic E-state index is 0.0674. The molecule has 6 heteroatoms. The van der Waals surface area contributed by atoms with Crippen LogP contribution in [0.4, 0.5) is 11.4 Å². The van der Waals surface area contributed by atoms with Gasteiger partial charge in [0.1, 0.15) is 0 Å². The zero-order valence-electron chi connectivity index (χ0n) is 15.2. The van der Waals surface area contributed by atoms with E-state index in [4.69, 9.17) is 0 Å². The predicted molar refractivity (Wildman–Crippen MR) is 102 cm³/mol. The highest BCUT2D eigenvalue weighted by molar-refractivity contribution is 7.92. The Labute approximate surface area is 154 Å². The van der Waals surface area contributed by atoms with Gasteiger partial charge in [-0.3, -0.25) is 9.52 Å². The Hall–Kier alpha value is -2.34. The molecule has 0 unspecified atom stereocenters. The molecule has 26 heavy (non-hydrogen) atoms. The zero-order chi connectivity index (χ0) is 18.6. The first-order chi connectivity index (χ1) is 12.3. The minimum Gasteiger partial charge on any atom is -0.311 e. The molecule has 136 valence electrons. The molecular formula is C20H22N2O3S. The maximum absolute atomic E-state index is 13.0. The first-order valence-corrected chi connectivity index (χ1v) is 10.3. The molecule has 0 radical (unpaired) electrons. The highest BCUT2D eigenvalue weighted by Crippen LogP contribution is 2.44. The van der Waals surface area contributed by atoms with Crippen molar-refractivity contribution < 1.29 is 13.2 Å². The smallest absolute Gasteiger partial charge is 0.261 e. The van der Waals surface area contributed by atoms with Crippen LogP contribution in [0.5, 0.6) is 0 Å². The van der Waals surface area contributed by atoms with Crippen LogP contribution < -0.4 is 9.62 Å². The third-order valence-corrected chi connectivity index (χ3v) is 6.67. The molecule has 0 spiro atoms. The van der Waals surface area contributed by atoms with Crippen LogP contribution in [-0.4, -0.2) is 20.9 Å². The summed E-state index contributed by atoms with van der Waals surface area (Å²) in [7, 11) is -3.72. The molecule has 1 amide bonds. The van der Waals surface area contributed by atoms with E-state index in [1.807, 2.05) is 37.8 Å². The van der Waals surface area contributed by atoms with Crippen molar-refractivity contribution in [2.45, 2.75) is 44.4 Å². The lowest BCUT2D eigenvalue weighted by Crippen LogP contribution is -2.32. The van der Waals surface area contributed by atoms with E-state index >= 15 is 0 Å². The van der Waals surface area contributed by atoms with Crippen molar-refractivity contribution in [1.82, 2.24) is 0 Å². The molecule has 2 aromatic rings. The Morgan fingerprint density at radius 3 is 2.65 bits per heavy atom. The van der Waals surface area contributed by atoms with Crippen LogP contribution in [0, 0.1) is 13.8 Å². The van der Waals surface area contributed by atoms with Crippen molar-refractivity contribution in [1.29, 1.82) is 0 Å². The summed E-state index contributed by atoms with van der Waals surface area (Å²) in [6.45, 7) is 6.43. The number of nitrogens with one attached hydrogen (secondary N) is 1. The Morgan fingerprint density at radius 1 is 1.15 bits per heavy atom. The van der Waals surface area contributed by atoms with Gasteiger partial charge in [-0.25, -0.2) is 8.42 Å². The fourth-order valence-electron chi connectivity index (χ4n) is 3.95. The number of hydrogen-bond donors (Lipinski definition) is 1. The van der Waals surface area contributed by atoms with Crippen LogP contribution >= 0.6 is 0 Å². The van der Waals surface area contributed by atoms with E-state index in [2.05, 4.69) is 4.72 Å². The number of nitrogens with zero attached hydrogens (tertiary/aromatic N) is 1. The topological polar surface area (TPSA) is 66.5 Å². The van der Waals surface area contributed by atoms with E-state index in [-0.39, 0.29) is 16.7 Å². The Morgan fingerprint density at radius 2 is 1.92 bits per heavy atom. The van der Waals surface area contributed by atoms with E-state index in [1.54, 1.807) is 18.2 Å². The molecule has 0 aliphatic carbocycles. The number of carbonyl (C=O) groups is 1. The highest BCUT2D eigenvalue weighted by atomic mass is 32.2. The van der Waals surface area contributed by atoms with E-state index in [0.717, 1.165) is 47.3 Å². The van der Waals surface area contributed by atoms with Gasteiger partial charge in [0.25, 0.3) is 10.0 Å². The van der Waals surface area contributed by atoms with Gasteiger partial charge < -0.3 is 4.90 Å². The van der Waals surface area contributed by atoms with Crippen molar-refractivity contribution in [3.8, 4) is 0 Å². The van der Waals surface area contributed by atoms with Crippen molar-refractivity contribution in [3.63, 3.8) is 0 Å². The summed E-state index contributed by atoms with van der Waals surface area (Å²) >= 11 is 0. The number of amides is 1. The fourth-order valence-corrected chi connectivity index (χ4v) is 5.17. The van der Waals surface area contributed by atoms with Crippen molar-refractivity contribution in [2.75, 3.05) is 16.2 Å². The van der Waals surface area contributed by atoms with Gasteiger partial charge in [-0.1, -0.05) is 17.7 Å². The highest BCUT2D eigenvalue weighted by Gasteiger charge is 2.38. The quantitative estimate of drug-likeness (QED) is 0.899. The standard InChI is InChI=1S/C20H22N2O3S/c1-12-6-7-18(13(2)9-12)21-26(24,25)16-10-15-5-4-8-22-19(15)17(11-16)14(3)20(22)23/h6-7,9-11,14,21H,4-5,8H2,1-3H3/t14-/m0/s1. The molecule has 5 nitrogen and oxygen atoms in total. The Bertz CT molecular complexity index is 1030. The third-order valence-electron chi connectivity index (χ3n) is 5.33. The Kier molecular flexibility index (Phi) is 3.84.